The predicted molar refractivity (Wildman–Crippen MR) is 110 cm³/mol. The molecule has 0 bridgehead atoms. The summed E-state index contributed by atoms with van der Waals surface area (Å²) >= 11 is 8.75. The first-order chi connectivity index (χ1) is 12.2. The highest BCUT2D eigenvalue weighted by Crippen LogP contribution is 2.27. The van der Waals surface area contributed by atoms with Gasteiger partial charge in [0.2, 0.25) is 0 Å². The Balaban J connectivity index is 1.75. The van der Waals surface area contributed by atoms with E-state index >= 15 is 0 Å². The Morgan fingerprint density at radius 2 is 1.96 bits per heavy atom. The zero-order valence-corrected chi connectivity index (χ0v) is 17.1. The van der Waals surface area contributed by atoms with Crippen molar-refractivity contribution in [1.82, 2.24) is 14.5 Å². The molecule has 0 aliphatic heterocycles. The summed E-state index contributed by atoms with van der Waals surface area (Å²) in [4.78, 5) is 9.20. The van der Waals surface area contributed by atoms with E-state index in [1.807, 2.05) is 29.0 Å². The lowest BCUT2D eigenvalue weighted by molar-refractivity contribution is 0.0667. The minimum absolute atomic E-state index is 0.423. The van der Waals surface area contributed by atoms with Crippen LogP contribution in [0.25, 0.3) is 11.0 Å². The smallest absolute Gasteiger partial charge is 0.157 e. The van der Waals surface area contributed by atoms with Crippen LogP contribution in [-0.2, 0) is 24.5 Å². The zero-order chi connectivity index (χ0) is 17.6. The van der Waals surface area contributed by atoms with E-state index in [1.165, 1.54) is 12.8 Å². The summed E-state index contributed by atoms with van der Waals surface area (Å²) in [5.41, 5.74) is 2.91. The molecule has 2 aromatic heterocycles. The quantitative estimate of drug-likeness (QED) is 0.245. The van der Waals surface area contributed by atoms with Crippen LogP contribution >= 0.6 is 34.2 Å². The summed E-state index contributed by atoms with van der Waals surface area (Å²) in [6.07, 6.45) is 6.35. The standard InChI is InChI=1S/C19H21ClIN3O/c1-2-3-5-10-16-22-17-15(21)11-24(18(17)19(20)23-16)13-25-12-14-8-6-4-7-9-14/h4,6-9,11H,2-3,5,10,12-13H2,1H3. The Labute approximate surface area is 166 Å². The molecule has 0 unspecified atom stereocenters. The van der Waals surface area contributed by atoms with Gasteiger partial charge in [0.15, 0.2) is 5.15 Å². The lowest BCUT2D eigenvalue weighted by atomic mass is 10.2. The maximum absolute atomic E-state index is 6.46. The van der Waals surface area contributed by atoms with Crippen LogP contribution in [0.15, 0.2) is 36.5 Å². The molecule has 0 fully saturated rings. The van der Waals surface area contributed by atoms with Crippen LogP contribution < -0.4 is 0 Å². The van der Waals surface area contributed by atoms with Gasteiger partial charge in [0, 0.05) is 12.6 Å². The van der Waals surface area contributed by atoms with Crippen LogP contribution in [-0.4, -0.2) is 14.5 Å². The van der Waals surface area contributed by atoms with Gasteiger partial charge in [-0.3, -0.25) is 0 Å². The largest absolute Gasteiger partial charge is 0.356 e. The van der Waals surface area contributed by atoms with E-state index < -0.39 is 0 Å². The zero-order valence-electron chi connectivity index (χ0n) is 14.2. The molecular formula is C19H21ClIN3O. The van der Waals surface area contributed by atoms with E-state index in [0.29, 0.717) is 18.5 Å². The molecule has 0 radical (unpaired) electrons. The van der Waals surface area contributed by atoms with E-state index in [1.54, 1.807) is 0 Å². The van der Waals surface area contributed by atoms with Crippen LogP contribution in [0.4, 0.5) is 0 Å². The van der Waals surface area contributed by atoms with Gasteiger partial charge in [-0.25, -0.2) is 9.97 Å². The summed E-state index contributed by atoms with van der Waals surface area (Å²) < 4.78 is 8.89. The molecule has 3 rings (SSSR count). The molecule has 6 heteroatoms. The van der Waals surface area contributed by atoms with Crippen LogP contribution in [0, 0.1) is 3.57 Å². The lowest BCUT2D eigenvalue weighted by Gasteiger charge is -2.08. The van der Waals surface area contributed by atoms with Gasteiger partial charge >= 0.3 is 0 Å². The number of benzene rings is 1. The predicted octanol–water partition coefficient (Wildman–Crippen LogP) is 5.60. The fraction of sp³-hybridized carbons (Fsp3) is 0.368. The number of hydrogen-bond donors (Lipinski definition) is 0. The molecule has 0 saturated carbocycles. The van der Waals surface area contributed by atoms with Crippen molar-refractivity contribution in [1.29, 1.82) is 0 Å². The van der Waals surface area contributed by atoms with Crippen LogP contribution in [0.2, 0.25) is 5.15 Å². The molecule has 0 amide bonds. The van der Waals surface area contributed by atoms with E-state index in [4.69, 9.17) is 21.3 Å². The van der Waals surface area contributed by atoms with Gasteiger partial charge in [-0.05, 0) is 34.6 Å². The van der Waals surface area contributed by atoms with Crippen molar-refractivity contribution >= 4 is 45.2 Å². The number of unbranched alkanes of at least 4 members (excludes halogenated alkanes) is 2. The fourth-order valence-corrected chi connectivity index (χ4v) is 3.75. The van der Waals surface area contributed by atoms with Crippen molar-refractivity contribution in [3.05, 3.63) is 56.6 Å². The van der Waals surface area contributed by atoms with Crippen LogP contribution in [0.5, 0.6) is 0 Å². The number of halogens is 2. The van der Waals surface area contributed by atoms with E-state index in [0.717, 1.165) is 38.8 Å². The number of rotatable bonds is 8. The number of nitrogens with zero attached hydrogens (tertiary/aromatic N) is 3. The van der Waals surface area contributed by atoms with Crippen molar-refractivity contribution in [2.75, 3.05) is 0 Å². The Bertz CT molecular complexity index is 836. The van der Waals surface area contributed by atoms with E-state index in [2.05, 4.69) is 46.6 Å². The molecule has 1 aromatic carbocycles. The highest BCUT2D eigenvalue weighted by Gasteiger charge is 2.14. The maximum Gasteiger partial charge on any atom is 0.157 e. The van der Waals surface area contributed by atoms with Crippen LogP contribution in [0.1, 0.15) is 37.6 Å². The molecule has 0 saturated heterocycles. The first-order valence-corrected chi connectivity index (χ1v) is 9.97. The third-order valence-electron chi connectivity index (χ3n) is 4.02. The van der Waals surface area contributed by atoms with Gasteiger partial charge in [-0.1, -0.05) is 61.7 Å². The molecule has 0 aliphatic rings. The second-order valence-corrected chi connectivity index (χ2v) is 7.52. The van der Waals surface area contributed by atoms with Crippen molar-refractivity contribution in [3.63, 3.8) is 0 Å². The van der Waals surface area contributed by atoms with Crippen molar-refractivity contribution in [3.8, 4) is 0 Å². The summed E-state index contributed by atoms with van der Waals surface area (Å²) in [5.74, 6) is 0.826. The third-order valence-corrected chi connectivity index (χ3v) is 5.07. The molecule has 132 valence electrons. The summed E-state index contributed by atoms with van der Waals surface area (Å²) in [6.45, 7) is 3.17. The Morgan fingerprint density at radius 3 is 2.72 bits per heavy atom. The highest BCUT2D eigenvalue weighted by molar-refractivity contribution is 14.1. The second kappa shape index (κ2) is 8.96. The normalized spacial score (nSPS) is 11.3. The Hall–Kier alpha value is -1.18. The topological polar surface area (TPSA) is 39.9 Å². The average molecular weight is 470 g/mol. The molecule has 2 heterocycles. The monoisotopic (exact) mass is 469 g/mol. The minimum atomic E-state index is 0.423. The van der Waals surface area contributed by atoms with Crippen LogP contribution in [0.3, 0.4) is 0 Å². The number of hydrogen-bond acceptors (Lipinski definition) is 3. The summed E-state index contributed by atoms with van der Waals surface area (Å²) in [6, 6.07) is 10.1. The van der Waals surface area contributed by atoms with Gasteiger partial charge in [0.1, 0.15) is 23.6 Å². The molecule has 0 aliphatic carbocycles. The van der Waals surface area contributed by atoms with E-state index in [9.17, 15) is 0 Å². The number of ether oxygens (including phenoxy) is 1. The first-order valence-electron chi connectivity index (χ1n) is 8.51. The molecule has 4 nitrogen and oxygen atoms in total. The van der Waals surface area contributed by atoms with Gasteiger partial charge in [-0.2, -0.15) is 0 Å². The Kier molecular flexibility index (Phi) is 6.67. The van der Waals surface area contributed by atoms with Gasteiger partial charge in [0.05, 0.1) is 10.2 Å². The van der Waals surface area contributed by atoms with Gasteiger partial charge in [0.25, 0.3) is 0 Å². The van der Waals surface area contributed by atoms with Crippen molar-refractivity contribution < 1.29 is 4.74 Å². The minimum Gasteiger partial charge on any atom is -0.356 e. The number of fused-ring (bicyclic) bond motifs is 1. The molecule has 25 heavy (non-hydrogen) atoms. The Morgan fingerprint density at radius 1 is 1.16 bits per heavy atom. The molecule has 0 spiro atoms. The third kappa shape index (κ3) is 4.71. The van der Waals surface area contributed by atoms with Gasteiger partial charge < -0.3 is 9.30 Å². The SMILES string of the molecule is CCCCCc1nc(Cl)c2c(n1)c(I)cn2COCc1ccccc1. The summed E-state index contributed by atoms with van der Waals surface area (Å²) in [7, 11) is 0. The molecule has 0 N–H and O–H groups in total. The summed E-state index contributed by atoms with van der Waals surface area (Å²) in [5, 5.41) is 0.503. The van der Waals surface area contributed by atoms with E-state index in [-0.39, 0.29) is 0 Å². The fourth-order valence-electron chi connectivity index (χ4n) is 2.74. The highest BCUT2D eigenvalue weighted by atomic mass is 127. The lowest BCUT2D eigenvalue weighted by Crippen LogP contribution is -2.03. The van der Waals surface area contributed by atoms with Gasteiger partial charge in [-0.15, -0.1) is 0 Å². The number of aromatic nitrogens is 3. The molecule has 3 aromatic rings. The number of aryl methyl sites for hydroxylation is 1. The second-order valence-electron chi connectivity index (χ2n) is 5.99. The van der Waals surface area contributed by atoms with Crippen molar-refractivity contribution in [2.45, 2.75) is 45.9 Å². The first kappa shape index (κ1) is 18.6. The molecular weight excluding hydrogens is 449 g/mol. The maximum atomic E-state index is 6.46. The average Bonchev–Trinajstić information content (AvgIpc) is 2.93. The molecule has 0 atom stereocenters. The van der Waals surface area contributed by atoms with Crippen molar-refractivity contribution in [2.24, 2.45) is 0 Å².